The van der Waals surface area contributed by atoms with Crippen molar-refractivity contribution in [3.8, 4) is 0 Å². The molecule has 0 radical (unpaired) electrons. The Balaban J connectivity index is 2.98. The lowest BCUT2D eigenvalue weighted by molar-refractivity contribution is 0.0692. The van der Waals surface area contributed by atoms with Crippen LogP contribution in [0.25, 0.3) is 0 Å². The highest BCUT2D eigenvalue weighted by Gasteiger charge is 2.19. The van der Waals surface area contributed by atoms with Crippen LogP contribution < -0.4 is 0 Å². The number of aryl methyl sites for hydroxylation is 1. The molecule has 0 aliphatic carbocycles. The summed E-state index contributed by atoms with van der Waals surface area (Å²) in [5, 5.41) is 8.90. The minimum Gasteiger partial charge on any atom is -0.396 e. The predicted octanol–water partition coefficient (Wildman–Crippen LogP) is 2.99. The third-order valence-electron chi connectivity index (χ3n) is 2.87. The van der Waals surface area contributed by atoms with Crippen molar-refractivity contribution in [3.05, 3.63) is 33.8 Å². The Hall–Kier alpha value is -0.870. The summed E-state index contributed by atoms with van der Waals surface area (Å²) in [6.07, 6.45) is 0.608. The number of hydrogen-bond acceptors (Lipinski definition) is 2. The van der Waals surface area contributed by atoms with Crippen LogP contribution >= 0.6 is 15.9 Å². The summed E-state index contributed by atoms with van der Waals surface area (Å²) in [5.41, 5.74) is 1.69. The summed E-state index contributed by atoms with van der Waals surface area (Å²) < 4.78 is 0.905. The van der Waals surface area contributed by atoms with Gasteiger partial charge in [0.05, 0.1) is 0 Å². The Morgan fingerprint density at radius 2 is 2.11 bits per heavy atom. The molecule has 0 aliphatic heterocycles. The summed E-state index contributed by atoms with van der Waals surface area (Å²) in [5.74, 6) is 0.0252. The zero-order valence-corrected chi connectivity index (χ0v) is 12.7. The Morgan fingerprint density at radius 1 is 1.44 bits per heavy atom. The summed E-state index contributed by atoms with van der Waals surface area (Å²) in [6, 6.07) is 5.84. The van der Waals surface area contributed by atoms with Gasteiger partial charge >= 0.3 is 0 Å². The Bertz CT molecular complexity index is 418. The zero-order chi connectivity index (χ0) is 13.7. The molecule has 3 nitrogen and oxygen atoms in total. The molecular weight excluding hydrogens is 294 g/mol. The van der Waals surface area contributed by atoms with Crippen molar-refractivity contribution >= 4 is 21.8 Å². The van der Waals surface area contributed by atoms with Crippen LogP contribution in [0.1, 0.15) is 36.2 Å². The lowest BCUT2D eigenvalue weighted by Crippen LogP contribution is -2.38. The van der Waals surface area contributed by atoms with Gasteiger partial charge in [-0.05, 0) is 44.9 Å². The molecule has 18 heavy (non-hydrogen) atoms. The van der Waals surface area contributed by atoms with Crippen LogP contribution in [0, 0.1) is 6.92 Å². The number of hydrogen-bond donors (Lipinski definition) is 1. The molecule has 0 bridgehead atoms. The fourth-order valence-corrected chi connectivity index (χ4v) is 2.18. The number of benzene rings is 1. The van der Waals surface area contributed by atoms with Crippen LogP contribution in [0.15, 0.2) is 22.7 Å². The van der Waals surface area contributed by atoms with E-state index in [0.717, 1.165) is 15.6 Å². The number of nitrogens with zero attached hydrogens (tertiary/aromatic N) is 1. The quantitative estimate of drug-likeness (QED) is 0.908. The van der Waals surface area contributed by atoms with Crippen molar-refractivity contribution in [1.82, 2.24) is 4.90 Å². The lowest BCUT2D eigenvalue weighted by Gasteiger charge is -2.27. The number of carbonyl (C=O) groups excluding carboxylic acids is 1. The molecule has 0 saturated heterocycles. The lowest BCUT2D eigenvalue weighted by atomic mass is 10.1. The smallest absolute Gasteiger partial charge is 0.254 e. The van der Waals surface area contributed by atoms with E-state index in [-0.39, 0.29) is 18.6 Å². The molecule has 0 atom stereocenters. The highest BCUT2D eigenvalue weighted by Crippen LogP contribution is 2.19. The molecule has 1 N–H and O–H groups in total. The fraction of sp³-hybridized carbons (Fsp3) is 0.500. The van der Waals surface area contributed by atoms with Gasteiger partial charge in [-0.1, -0.05) is 22.0 Å². The molecule has 0 fully saturated rings. The minimum absolute atomic E-state index is 0.0252. The molecule has 1 rings (SSSR count). The van der Waals surface area contributed by atoms with E-state index >= 15 is 0 Å². The molecular formula is C14H20BrNO2. The van der Waals surface area contributed by atoms with Crippen LogP contribution in [0.4, 0.5) is 0 Å². The van der Waals surface area contributed by atoms with Crippen LogP contribution in [-0.2, 0) is 0 Å². The van der Waals surface area contributed by atoms with Crippen LogP contribution in [0.5, 0.6) is 0 Å². The first kappa shape index (κ1) is 15.2. The van der Waals surface area contributed by atoms with E-state index in [4.69, 9.17) is 5.11 Å². The van der Waals surface area contributed by atoms with E-state index in [9.17, 15) is 4.79 Å². The van der Waals surface area contributed by atoms with E-state index in [0.29, 0.717) is 13.0 Å². The maximum absolute atomic E-state index is 12.5. The van der Waals surface area contributed by atoms with Gasteiger partial charge in [0, 0.05) is 29.2 Å². The van der Waals surface area contributed by atoms with Gasteiger partial charge < -0.3 is 10.0 Å². The molecule has 0 spiro atoms. The first-order chi connectivity index (χ1) is 8.47. The standard InChI is InChI=1S/C14H20BrNO2/c1-10(2)16(7-4-8-17)14(18)13-9-12(15)6-5-11(13)3/h5-6,9-10,17H,4,7-8H2,1-3H3. The van der Waals surface area contributed by atoms with Crippen molar-refractivity contribution in [2.24, 2.45) is 0 Å². The topological polar surface area (TPSA) is 40.5 Å². The van der Waals surface area contributed by atoms with E-state index in [1.54, 1.807) is 4.90 Å². The summed E-state index contributed by atoms with van der Waals surface area (Å²) in [6.45, 7) is 6.60. The second-order valence-corrected chi connectivity index (χ2v) is 5.54. The first-order valence-electron chi connectivity index (χ1n) is 6.15. The normalized spacial score (nSPS) is 10.8. The van der Waals surface area contributed by atoms with Crippen molar-refractivity contribution in [1.29, 1.82) is 0 Å². The van der Waals surface area contributed by atoms with E-state index in [2.05, 4.69) is 15.9 Å². The maximum Gasteiger partial charge on any atom is 0.254 e. The molecule has 4 heteroatoms. The van der Waals surface area contributed by atoms with Crippen LogP contribution in [-0.4, -0.2) is 35.1 Å². The Morgan fingerprint density at radius 3 is 2.67 bits per heavy atom. The largest absolute Gasteiger partial charge is 0.396 e. The predicted molar refractivity (Wildman–Crippen MR) is 76.8 cm³/mol. The molecule has 100 valence electrons. The number of carbonyl (C=O) groups is 1. The number of amides is 1. The number of rotatable bonds is 5. The molecule has 0 heterocycles. The van der Waals surface area contributed by atoms with Gasteiger partial charge in [-0.3, -0.25) is 4.79 Å². The highest BCUT2D eigenvalue weighted by molar-refractivity contribution is 9.10. The van der Waals surface area contributed by atoms with Crippen molar-refractivity contribution < 1.29 is 9.90 Å². The third kappa shape index (κ3) is 3.82. The number of aliphatic hydroxyl groups is 1. The molecule has 1 aromatic carbocycles. The van der Waals surface area contributed by atoms with E-state index < -0.39 is 0 Å². The van der Waals surface area contributed by atoms with Gasteiger partial charge in [0.2, 0.25) is 0 Å². The van der Waals surface area contributed by atoms with Crippen LogP contribution in [0.2, 0.25) is 0 Å². The third-order valence-corrected chi connectivity index (χ3v) is 3.36. The molecule has 0 aromatic heterocycles. The van der Waals surface area contributed by atoms with Crippen LogP contribution in [0.3, 0.4) is 0 Å². The van der Waals surface area contributed by atoms with E-state index in [1.807, 2.05) is 39.0 Å². The molecule has 1 aromatic rings. The second kappa shape index (κ2) is 6.90. The zero-order valence-electron chi connectivity index (χ0n) is 11.1. The SMILES string of the molecule is Cc1ccc(Br)cc1C(=O)N(CCCO)C(C)C. The summed E-state index contributed by atoms with van der Waals surface area (Å²) >= 11 is 3.39. The fourth-order valence-electron chi connectivity index (χ4n) is 1.81. The van der Waals surface area contributed by atoms with Crippen molar-refractivity contribution in [2.45, 2.75) is 33.2 Å². The Kier molecular flexibility index (Phi) is 5.82. The summed E-state index contributed by atoms with van der Waals surface area (Å²) in [4.78, 5) is 14.3. The van der Waals surface area contributed by atoms with Gasteiger partial charge in [0.1, 0.15) is 0 Å². The monoisotopic (exact) mass is 313 g/mol. The maximum atomic E-state index is 12.5. The first-order valence-corrected chi connectivity index (χ1v) is 6.94. The van der Waals surface area contributed by atoms with Crippen molar-refractivity contribution in [3.63, 3.8) is 0 Å². The summed E-state index contributed by atoms with van der Waals surface area (Å²) in [7, 11) is 0. The second-order valence-electron chi connectivity index (χ2n) is 4.63. The number of aliphatic hydroxyl groups excluding tert-OH is 1. The van der Waals surface area contributed by atoms with Gasteiger partial charge in [-0.15, -0.1) is 0 Å². The highest BCUT2D eigenvalue weighted by atomic mass is 79.9. The average molecular weight is 314 g/mol. The molecule has 1 amide bonds. The molecule has 0 unspecified atom stereocenters. The van der Waals surface area contributed by atoms with Gasteiger partial charge in [-0.25, -0.2) is 0 Å². The average Bonchev–Trinajstić information content (AvgIpc) is 2.32. The van der Waals surface area contributed by atoms with E-state index in [1.165, 1.54) is 0 Å². The molecule has 0 saturated carbocycles. The van der Waals surface area contributed by atoms with Gasteiger partial charge in [0.15, 0.2) is 0 Å². The Labute approximate surface area is 117 Å². The van der Waals surface area contributed by atoms with Gasteiger partial charge in [-0.2, -0.15) is 0 Å². The molecule has 0 aliphatic rings. The minimum atomic E-state index is 0.0252. The van der Waals surface area contributed by atoms with Crippen molar-refractivity contribution in [2.75, 3.05) is 13.2 Å². The van der Waals surface area contributed by atoms with Gasteiger partial charge in [0.25, 0.3) is 5.91 Å². The number of halogens is 1.